The van der Waals surface area contributed by atoms with Crippen LogP contribution in [0.4, 0.5) is 18.9 Å². The van der Waals surface area contributed by atoms with E-state index < -0.39 is 6.36 Å². The highest BCUT2D eigenvalue weighted by atomic mass is 19.4. The van der Waals surface area contributed by atoms with Crippen molar-refractivity contribution in [2.75, 3.05) is 32.0 Å². The molecule has 1 unspecified atom stereocenters. The number of ether oxygens (including phenoxy) is 1. The Kier molecular flexibility index (Phi) is 7.23. The van der Waals surface area contributed by atoms with Crippen molar-refractivity contribution in [1.82, 2.24) is 4.90 Å². The predicted octanol–water partition coefficient (Wildman–Crippen LogP) is 2.22. The molecule has 6 nitrogen and oxygen atoms in total. The molecule has 2 aliphatic rings. The summed E-state index contributed by atoms with van der Waals surface area (Å²) in [4.78, 5) is 27.9. The van der Waals surface area contributed by atoms with E-state index in [-0.39, 0.29) is 30.7 Å². The van der Waals surface area contributed by atoms with Gasteiger partial charge in [0.05, 0.1) is 7.05 Å². The van der Waals surface area contributed by atoms with Gasteiger partial charge in [-0.3, -0.25) is 9.59 Å². The predicted molar refractivity (Wildman–Crippen MR) is 105 cm³/mol. The van der Waals surface area contributed by atoms with Gasteiger partial charge in [0.1, 0.15) is 5.75 Å². The van der Waals surface area contributed by atoms with Gasteiger partial charge in [0, 0.05) is 18.3 Å². The van der Waals surface area contributed by atoms with Crippen LogP contribution in [-0.4, -0.2) is 55.8 Å². The highest BCUT2D eigenvalue weighted by molar-refractivity contribution is 5.91. The lowest BCUT2D eigenvalue weighted by Crippen LogP contribution is -3.11. The van der Waals surface area contributed by atoms with Crippen molar-refractivity contribution in [3.63, 3.8) is 0 Å². The molecule has 0 aromatic heterocycles. The molecule has 1 aromatic rings. The van der Waals surface area contributed by atoms with Crippen molar-refractivity contribution in [1.29, 1.82) is 0 Å². The molecule has 0 bridgehead atoms. The number of benzene rings is 1. The molecule has 0 spiro atoms. The zero-order chi connectivity index (χ0) is 21.7. The van der Waals surface area contributed by atoms with Crippen molar-refractivity contribution >= 4 is 17.5 Å². The molecule has 3 rings (SSSR count). The highest BCUT2D eigenvalue weighted by Gasteiger charge is 2.36. The molecule has 30 heavy (non-hydrogen) atoms. The van der Waals surface area contributed by atoms with Crippen molar-refractivity contribution in [3.8, 4) is 5.75 Å². The average molecular weight is 428 g/mol. The van der Waals surface area contributed by atoms with Crippen LogP contribution in [0, 0.1) is 5.92 Å². The normalized spacial score (nSPS) is 22.7. The third kappa shape index (κ3) is 6.35. The van der Waals surface area contributed by atoms with E-state index in [0.717, 1.165) is 36.4 Å². The summed E-state index contributed by atoms with van der Waals surface area (Å²) in [7, 11) is 1.79. The number of likely N-dealkylation sites (tertiary alicyclic amines) is 1. The number of halogens is 3. The second-order valence-electron chi connectivity index (χ2n) is 8.27. The number of carbonyl (C=O) groups is 2. The summed E-state index contributed by atoms with van der Waals surface area (Å²) in [5.41, 5.74) is 0.370. The minimum absolute atomic E-state index is 0.0885. The molecule has 2 fully saturated rings. The van der Waals surface area contributed by atoms with Gasteiger partial charge in [-0.25, -0.2) is 0 Å². The monoisotopic (exact) mass is 428 g/mol. The maximum absolute atomic E-state index is 12.8. The van der Waals surface area contributed by atoms with Gasteiger partial charge in [-0.2, -0.15) is 0 Å². The molecular formula is C21H29F3N3O3+. The van der Waals surface area contributed by atoms with Crippen LogP contribution in [-0.2, 0) is 9.59 Å². The molecule has 9 heteroatoms. The SMILES string of the molecule is C[NH+](CC(=O)Nc1ccc(OC(F)(F)F)cc1)CC(=O)N1CCC[C@H]2CCCC[C@@H]21. The smallest absolute Gasteiger partial charge is 0.406 e. The van der Waals surface area contributed by atoms with Crippen LogP contribution in [0.5, 0.6) is 5.75 Å². The number of hydrogen-bond acceptors (Lipinski definition) is 3. The van der Waals surface area contributed by atoms with Crippen molar-refractivity contribution in [2.24, 2.45) is 5.92 Å². The van der Waals surface area contributed by atoms with E-state index >= 15 is 0 Å². The molecule has 1 saturated carbocycles. The highest BCUT2D eigenvalue weighted by Crippen LogP contribution is 2.35. The van der Waals surface area contributed by atoms with Crippen molar-refractivity contribution in [3.05, 3.63) is 24.3 Å². The summed E-state index contributed by atoms with van der Waals surface area (Å²) < 4.78 is 40.4. The van der Waals surface area contributed by atoms with Gasteiger partial charge >= 0.3 is 6.36 Å². The number of fused-ring (bicyclic) bond motifs is 1. The summed E-state index contributed by atoms with van der Waals surface area (Å²) in [6.07, 6.45) is 2.18. The summed E-state index contributed by atoms with van der Waals surface area (Å²) in [6, 6.07) is 5.31. The minimum Gasteiger partial charge on any atom is -0.406 e. The summed E-state index contributed by atoms with van der Waals surface area (Å²) in [5, 5.41) is 2.64. The molecule has 166 valence electrons. The first-order chi connectivity index (χ1) is 14.2. The van der Waals surface area contributed by atoms with E-state index in [4.69, 9.17) is 0 Å². The van der Waals surface area contributed by atoms with Gasteiger partial charge < -0.3 is 19.9 Å². The van der Waals surface area contributed by atoms with Gasteiger partial charge in [-0.1, -0.05) is 12.8 Å². The topological polar surface area (TPSA) is 63.1 Å². The molecule has 1 saturated heterocycles. The number of nitrogens with zero attached hydrogens (tertiary/aromatic N) is 1. The van der Waals surface area contributed by atoms with Crippen LogP contribution in [0.15, 0.2) is 24.3 Å². The molecule has 1 aromatic carbocycles. The zero-order valence-corrected chi connectivity index (χ0v) is 17.1. The van der Waals surface area contributed by atoms with Crippen LogP contribution in [0.3, 0.4) is 0 Å². The first-order valence-corrected chi connectivity index (χ1v) is 10.5. The summed E-state index contributed by atoms with van der Waals surface area (Å²) in [6.45, 7) is 1.13. The van der Waals surface area contributed by atoms with E-state index in [2.05, 4.69) is 10.1 Å². The molecule has 0 radical (unpaired) electrons. The average Bonchev–Trinajstić information content (AvgIpc) is 2.67. The lowest BCUT2D eigenvalue weighted by atomic mass is 9.78. The standard InChI is InChI=1S/C21H28F3N3O3/c1-26(14-20(29)27-12-4-6-15-5-2-3-7-18(15)27)13-19(28)25-16-8-10-17(11-9-16)30-21(22,23)24/h8-11,15,18H,2-7,12-14H2,1H3,(H,25,28)/p+1/t15-,18+/m1/s1. The first-order valence-electron chi connectivity index (χ1n) is 10.5. The molecule has 2 N–H and O–H groups in total. The maximum Gasteiger partial charge on any atom is 0.573 e. The number of alkyl halides is 3. The Morgan fingerprint density at radius 1 is 1.10 bits per heavy atom. The fourth-order valence-electron chi connectivity index (χ4n) is 4.58. The van der Waals surface area contributed by atoms with E-state index in [0.29, 0.717) is 17.6 Å². The number of quaternary nitrogens is 1. The summed E-state index contributed by atoms with van der Waals surface area (Å²) >= 11 is 0. The van der Waals surface area contributed by atoms with Crippen LogP contribution in [0.2, 0.25) is 0 Å². The third-order valence-electron chi connectivity index (χ3n) is 5.85. The van der Waals surface area contributed by atoms with Crippen molar-refractivity contribution < 1.29 is 32.4 Å². The van der Waals surface area contributed by atoms with E-state index in [1.54, 1.807) is 7.05 Å². The largest absolute Gasteiger partial charge is 0.573 e. The molecule has 1 aliphatic carbocycles. The number of amides is 2. The fourth-order valence-corrected chi connectivity index (χ4v) is 4.58. The second kappa shape index (κ2) is 9.68. The Hall–Kier alpha value is -2.29. The van der Waals surface area contributed by atoms with Crippen LogP contribution >= 0.6 is 0 Å². The molecule has 3 atom stereocenters. The van der Waals surface area contributed by atoms with E-state index in [9.17, 15) is 22.8 Å². The van der Waals surface area contributed by atoms with Crippen LogP contribution in [0.1, 0.15) is 38.5 Å². The van der Waals surface area contributed by atoms with Gasteiger partial charge in [0.2, 0.25) is 0 Å². The Morgan fingerprint density at radius 2 is 1.77 bits per heavy atom. The Labute approximate surface area is 174 Å². The van der Waals surface area contributed by atoms with Gasteiger partial charge in [0.15, 0.2) is 13.1 Å². The fraction of sp³-hybridized carbons (Fsp3) is 0.619. The maximum atomic E-state index is 12.8. The number of piperidine rings is 1. The number of carbonyl (C=O) groups excluding carboxylic acids is 2. The molecular weight excluding hydrogens is 399 g/mol. The van der Waals surface area contributed by atoms with Gasteiger partial charge in [0.25, 0.3) is 11.8 Å². The molecule has 2 amide bonds. The van der Waals surface area contributed by atoms with E-state index in [1.807, 2.05) is 4.90 Å². The number of nitrogens with one attached hydrogen (secondary N) is 2. The van der Waals surface area contributed by atoms with Crippen molar-refractivity contribution in [2.45, 2.75) is 50.9 Å². The van der Waals surface area contributed by atoms with E-state index in [1.165, 1.54) is 37.8 Å². The number of rotatable bonds is 6. The zero-order valence-electron chi connectivity index (χ0n) is 17.1. The number of hydrogen-bond donors (Lipinski definition) is 2. The molecule has 1 heterocycles. The van der Waals surface area contributed by atoms with Gasteiger partial charge in [-0.15, -0.1) is 13.2 Å². The number of likely N-dealkylation sites (N-methyl/N-ethyl adjacent to an activating group) is 1. The number of anilines is 1. The van der Waals surface area contributed by atoms with Crippen LogP contribution in [0.25, 0.3) is 0 Å². The Bertz CT molecular complexity index is 737. The second-order valence-corrected chi connectivity index (χ2v) is 8.27. The summed E-state index contributed by atoms with van der Waals surface area (Å²) in [5.74, 6) is 0.0465. The van der Waals surface area contributed by atoms with Gasteiger partial charge in [-0.05, 0) is 55.9 Å². The third-order valence-corrected chi connectivity index (χ3v) is 5.85. The molecule has 1 aliphatic heterocycles. The quantitative estimate of drug-likeness (QED) is 0.731. The Balaban J connectivity index is 1.46. The minimum atomic E-state index is -4.75. The first kappa shape index (κ1) is 22.4. The lowest BCUT2D eigenvalue weighted by molar-refractivity contribution is -0.862. The van der Waals surface area contributed by atoms with Crippen LogP contribution < -0.4 is 15.0 Å². The lowest BCUT2D eigenvalue weighted by Gasteiger charge is -2.44. The Morgan fingerprint density at radius 3 is 2.47 bits per heavy atom.